The fraction of sp³-hybridized carbons (Fsp3) is 0.464. The molecule has 0 aliphatic carbocycles. The molecule has 184 valence electrons. The first-order chi connectivity index (χ1) is 17.0. The Morgan fingerprint density at radius 2 is 1.83 bits per heavy atom. The van der Waals surface area contributed by atoms with Crippen molar-refractivity contribution in [3.8, 4) is 0 Å². The van der Waals surface area contributed by atoms with Crippen molar-refractivity contribution in [2.45, 2.75) is 63.7 Å². The number of hydrogen-bond acceptors (Lipinski definition) is 5. The van der Waals surface area contributed by atoms with Crippen molar-refractivity contribution < 1.29 is 14.4 Å². The molecule has 7 nitrogen and oxygen atoms in total. The second-order valence-electron chi connectivity index (χ2n) is 10.1. The fourth-order valence-corrected chi connectivity index (χ4v) is 6.08. The summed E-state index contributed by atoms with van der Waals surface area (Å²) in [5, 5.41) is 2.39. The third-order valence-electron chi connectivity index (χ3n) is 7.86. The van der Waals surface area contributed by atoms with Gasteiger partial charge in [0.25, 0.3) is 5.91 Å². The van der Waals surface area contributed by atoms with Crippen LogP contribution in [0.2, 0.25) is 0 Å². The number of nitrogens with one attached hydrogen (secondary N) is 1. The second-order valence-corrected chi connectivity index (χ2v) is 10.1. The van der Waals surface area contributed by atoms with E-state index < -0.39 is 6.04 Å². The molecule has 3 aliphatic heterocycles. The molecule has 3 atom stereocenters. The monoisotopic (exact) mass is 474 g/mol. The average molecular weight is 475 g/mol. The molecular weight excluding hydrogens is 440 g/mol. The van der Waals surface area contributed by atoms with Crippen LogP contribution >= 0.6 is 0 Å². The van der Waals surface area contributed by atoms with Crippen LogP contribution in [0.4, 0.5) is 0 Å². The number of amides is 3. The maximum Gasteiger partial charge on any atom is 0.255 e. The van der Waals surface area contributed by atoms with E-state index in [4.69, 9.17) is 5.73 Å². The van der Waals surface area contributed by atoms with Crippen molar-refractivity contribution >= 4 is 17.7 Å². The summed E-state index contributed by atoms with van der Waals surface area (Å²) >= 11 is 0. The molecule has 3 unspecified atom stereocenters. The fourth-order valence-electron chi connectivity index (χ4n) is 6.08. The summed E-state index contributed by atoms with van der Waals surface area (Å²) in [4.78, 5) is 41.7. The van der Waals surface area contributed by atoms with Gasteiger partial charge in [0, 0.05) is 31.1 Å². The predicted molar refractivity (Wildman–Crippen MR) is 133 cm³/mol. The Labute approximate surface area is 206 Å². The molecular formula is C28H34N4O3. The molecule has 3 N–H and O–H groups in total. The first kappa shape index (κ1) is 23.7. The highest BCUT2D eigenvalue weighted by Crippen LogP contribution is 2.33. The van der Waals surface area contributed by atoms with E-state index in [0.717, 1.165) is 42.5 Å². The molecule has 0 radical (unpaired) electrons. The lowest BCUT2D eigenvalue weighted by Gasteiger charge is -2.40. The molecule has 0 spiro atoms. The van der Waals surface area contributed by atoms with Crippen LogP contribution in [0.25, 0.3) is 0 Å². The van der Waals surface area contributed by atoms with Crippen LogP contribution in [0.3, 0.4) is 0 Å². The molecule has 2 saturated heterocycles. The molecule has 2 aromatic carbocycles. The van der Waals surface area contributed by atoms with Crippen molar-refractivity contribution in [2.75, 3.05) is 13.1 Å². The van der Waals surface area contributed by atoms with Gasteiger partial charge in [0.2, 0.25) is 11.8 Å². The number of likely N-dealkylation sites (tertiary alicyclic amines) is 1. The molecule has 3 aliphatic rings. The van der Waals surface area contributed by atoms with Gasteiger partial charge in [-0.15, -0.1) is 0 Å². The number of nitrogens with zero attached hydrogens (tertiary/aromatic N) is 2. The Balaban J connectivity index is 1.35. The molecule has 0 saturated carbocycles. The zero-order valence-corrected chi connectivity index (χ0v) is 20.1. The average Bonchev–Trinajstić information content (AvgIpc) is 3.20. The first-order valence-corrected chi connectivity index (χ1v) is 12.8. The van der Waals surface area contributed by atoms with Gasteiger partial charge in [-0.3, -0.25) is 24.6 Å². The lowest BCUT2D eigenvalue weighted by Crippen LogP contribution is -2.52. The lowest BCUT2D eigenvalue weighted by molar-refractivity contribution is -0.136. The number of rotatable bonds is 7. The van der Waals surface area contributed by atoms with Gasteiger partial charge in [-0.25, -0.2) is 0 Å². The van der Waals surface area contributed by atoms with Crippen LogP contribution in [0.1, 0.15) is 59.2 Å². The van der Waals surface area contributed by atoms with Gasteiger partial charge in [0.1, 0.15) is 6.04 Å². The molecule has 5 rings (SSSR count). The Hall–Kier alpha value is -3.03. The molecule has 35 heavy (non-hydrogen) atoms. The highest BCUT2D eigenvalue weighted by Gasteiger charge is 2.40. The first-order valence-electron chi connectivity index (χ1n) is 12.8. The molecule has 2 aromatic rings. The summed E-state index contributed by atoms with van der Waals surface area (Å²) < 4.78 is 0. The van der Waals surface area contributed by atoms with Crippen LogP contribution < -0.4 is 11.1 Å². The minimum atomic E-state index is -0.587. The summed E-state index contributed by atoms with van der Waals surface area (Å²) in [5.74, 6) is -0.382. The Morgan fingerprint density at radius 1 is 1.00 bits per heavy atom. The summed E-state index contributed by atoms with van der Waals surface area (Å²) in [6.07, 6.45) is 5.05. The maximum atomic E-state index is 13.5. The van der Waals surface area contributed by atoms with Gasteiger partial charge in [-0.05, 0) is 61.4 Å². The van der Waals surface area contributed by atoms with Crippen LogP contribution in [0.5, 0.6) is 0 Å². The minimum absolute atomic E-state index is 0.0988. The standard InChI is InChI=1S/C28H34N4O3/c29-16-22(15-19-7-2-1-3-8-19)23-11-4-5-14-31(23)17-20-9-6-10-21-18-32(28(35)26(20)21)24-12-13-25(33)30-27(24)34/h1-3,6-10,22-24H,4-5,11-18,29H2,(H,30,33,34). The molecule has 3 amide bonds. The summed E-state index contributed by atoms with van der Waals surface area (Å²) in [6.45, 7) is 2.74. The van der Waals surface area contributed by atoms with E-state index in [-0.39, 0.29) is 24.1 Å². The van der Waals surface area contributed by atoms with E-state index in [1.165, 1.54) is 12.0 Å². The molecule has 3 heterocycles. The highest BCUT2D eigenvalue weighted by atomic mass is 16.2. The number of imide groups is 1. The number of carbonyl (C=O) groups excluding carboxylic acids is 3. The molecule has 7 heteroatoms. The van der Waals surface area contributed by atoms with Crippen molar-refractivity contribution in [1.82, 2.24) is 15.1 Å². The number of nitrogens with two attached hydrogens (primary N) is 1. The lowest BCUT2D eigenvalue weighted by atomic mass is 9.85. The zero-order valence-electron chi connectivity index (χ0n) is 20.1. The van der Waals surface area contributed by atoms with E-state index in [2.05, 4.69) is 34.5 Å². The molecule has 0 aromatic heterocycles. The van der Waals surface area contributed by atoms with Crippen LogP contribution in [0, 0.1) is 5.92 Å². The second kappa shape index (κ2) is 10.3. The van der Waals surface area contributed by atoms with Crippen molar-refractivity contribution in [3.05, 3.63) is 70.8 Å². The number of carbonyl (C=O) groups is 3. The SMILES string of the molecule is NCC(Cc1ccccc1)C1CCCCN1Cc1cccc2c1C(=O)N(C1CCC(=O)NC1=O)C2. The topological polar surface area (TPSA) is 95.7 Å². The van der Waals surface area contributed by atoms with Gasteiger partial charge in [0.15, 0.2) is 0 Å². The Kier molecular flexibility index (Phi) is 6.97. The quantitative estimate of drug-likeness (QED) is 0.602. The number of benzene rings is 2. The van der Waals surface area contributed by atoms with Gasteiger partial charge in [-0.1, -0.05) is 55.0 Å². The van der Waals surface area contributed by atoms with E-state index >= 15 is 0 Å². The molecule has 0 bridgehead atoms. The van der Waals surface area contributed by atoms with Crippen LogP contribution in [0.15, 0.2) is 48.5 Å². The normalized spacial score (nSPS) is 23.8. The van der Waals surface area contributed by atoms with Gasteiger partial charge >= 0.3 is 0 Å². The van der Waals surface area contributed by atoms with E-state index in [1.807, 2.05) is 24.3 Å². The summed E-state index contributed by atoms with van der Waals surface area (Å²) in [7, 11) is 0. The Bertz CT molecular complexity index is 1100. The van der Waals surface area contributed by atoms with Crippen LogP contribution in [-0.2, 0) is 29.1 Å². The van der Waals surface area contributed by atoms with E-state index in [1.54, 1.807) is 4.90 Å². The van der Waals surface area contributed by atoms with Crippen molar-refractivity contribution in [2.24, 2.45) is 11.7 Å². The van der Waals surface area contributed by atoms with Gasteiger partial charge in [0.05, 0.1) is 0 Å². The minimum Gasteiger partial charge on any atom is -0.330 e. The number of fused-ring (bicyclic) bond motifs is 1. The predicted octanol–water partition coefficient (Wildman–Crippen LogP) is 2.62. The highest BCUT2D eigenvalue weighted by molar-refractivity contribution is 6.06. The van der Waals surface area contributed by atoms with Crippen LogP contribution in [-0.4, -0.2) is 52.7 Å². The maximum absolute atomic E-state index is 13.5. The summed E-state index contributed by atoms with van der Waals surface area (Å²) in [5.41, 5.74) is 10.3. The van der Waals surface area contributed by atoms with E-state index in [9.17, 15) is 14.4 Å². The largest absolute Gasteiger partial charge is 0.330 e. The summed E-state index contributed by atoms with van der Waals surface area (Å²) in [6, 6.07) is 16.4. The van der Waals surface area contributed by atoms with Gasteiger partial charge < -0.3 is 10.6 Å². The zero-order chi connectivity index (χ0) is 24.4. The van der Waals surface area contributed by atoms with Crippen molar-refractivity contribution in [3.63, 3.8) is 0 Å². The smallest absolute Gasteiger partial charge is 0.255 e. The van der Waals surface area contributed by atoms with Crippen molar-refractivity contribution in [1.29, 1.82) is 0 Å². The van der Waals surface area contributed by atoms with E-state index in [0.29, 0.717) is 38.0 Å². The Morgan fingerprint density at radius 3 is 2.60 bits per heavy atom. The number of hydrogen-bond donors (Lipinski definition) is 2. The third-order valence-corrected chi connectivity index (χ3v) is 7.86. The number of piperidine rings is 2. The third kappa shape index (κ3) is 4.88. The van der Waals surface area contributed by atoms with Gasteiger partial charge in [-0.2, -0.15) is 0 Å². The molecule has 2 fully saturated rings.